The standard InChI is InChI=1S/C13H17ClN2O2/c14-11-4-1-9(2-5-11)7-16-13(18)10-3-6-12(17)15-8-10/h3,6,8-9,11H,1-2,4-5,7H2,(H,15,17)(H,16,18). The van der Waals surface area contributed by atoms with E-state index in [1.54, 1.807) is 0 Å². The number of carbonyl (C=O) groups is 1. The molecule has 1 amide bonds. The summed E-state index contributed by atoms with van der Waals surface area (Å²) in [5.74, 6) is 0.381. The van der Waals surface area contributed by atoms with Gasteiger partial charge in [-0.3, -0.25) is 9.59 Å². The van der Waals surface area contributed by atoms with Gasteiger partial charge < -0.3 is 10.3 Å². The number of hydrogen-bond donors (Lipinski definition) is 2. The number of aromatic nitrogens is 1. The van der Waals surface area contributed by atoms with E-state index in [0.29, 0.717) is 23.4 Å². The van der Waals surface area contributed by atoms with Gasteiger partial charge in [0.25, 0.3) is 5.91 Å². The van der Waals surface area contributed by atoms with Crippen molar-refractivity contribution in [3.63, 3.8) is 0 Å². The fourth-order valence-corrected chi connectivity index (χ4v) is 2.47. The van der Waals surface area contributed by atoms with E-state index in [1.807, 2.05) is 0 Å². The lowest BCUT2D eigenvalue weighted by molar-refractivity contribution is 0.0943. The van der Waals surface area contributed by atoms with Gasteiger partial charge in [-0.15, -0.1) is 11.6 Å². The normalized spacial score (nSPS) is 23.6. The van der Waals surface area contributed by atoms with Crippen LogP contribution in [-0.4, -0.2) is 22.8 Å². The third kappa shape index (κ3) is 3.60. The van der Waals surface area contributed by atoms with Crippen molar-refractivity contribution in [1.82, 2.24) is 10.3 Å². The summed E-state index contributed by atoms with van der Waals surface area (Å²) in [5, 5.41) is 3.20. The molecule has 0 spiro atoms. The third-order valence-corrected chi connectivity index (χ3v) is 3.81. The number of carbonyl (C=O) groups excluding carboxylic acids is 1. The Hall–Kier alpha value is -1.29. The van der Waals surface area contributed by atoms with Crippen LogP contribution < -0.4 is 10.9 Å². The first-order valence-corrected chi connectivity index (χ1v) is 6.70. The highest BCUT2D eigenvalue weighted by molar-refractivity contribution is 6.20. The van der Waals surface area contributed by atoms with Gasteiger partial charge in [-0.1, -0.05) is 0 Å². The van der Waals surface area contributed by atoms with Gasteiger partial charge in [-0.05, 0) is 37.7 Å². The SMILES string of the molecule is O=C(NCC1CCC(Cl)CC1)c1ccc(=O)[nH]c1. The molecule has 5 heteroatoms. The van der Waals surface area contributed by atoms with E-state index in [2.05, 4.69) is 10.3 Å². The fourth-order valence-electron chi connectivity index (χ4n) is 2.22. The zero-order valence-electron chi connectivity index (χ0n) is 10.1. The number of amides is 1. The molecule has 0 saturated heterocycles. The first-order chi connectivity index (χ1) is 8.65. The number of rotatable bonds is 3. The Morgan fingerprint density at radius 2 is 2.06 bits per heavy atom. The summed E-state index contributed by atoms with van der Waals surface area (Å²) >= 11 is 6.03. The first kappa shape index (κ1) is 13.1. The largest absolute Gasteiger partial charge is 0.352 e. The van der Waals surface area contributed by atoms with Crippen LogP contribution in [0.15, 0.2) is 23.1 Å². The summed E-state index contributed by atoms with van der Waals surface area (Å²) in [6.45, 7) is 0.682. The molecule has 0 aliphatic heterocycles. The molecular formula is C13H17ClN2O2. The van der Waals surface area contributed by atoms with Gasteiger partial charge in [0.2, 0.25) is 5.56 Å². The maximum Gasteiger partial charge on any atom is 0.252 e. The summed E-state index contributed by atoms with van der Waals surface area (Å²) in [4.78, 5) is 25.2. The summed E-state index contributed by atoms with van der Waals surface area (Å²) in [6.07, 6.45) is 5.63. The van der Waals surface area contributed by atoms with E-state index in [4.69, 9.17) is 11.6 Å². The van der Waals surface area contributed by atoms with Gasteiger partial charge in [0.15, 0.2) is 0 Å². The molecule has 2 N–H and O–H groups in total. The van der Waals surface area contributed by atoms with Crippen LogP contribution in [0.5, 0.6) is 0 Å². The molecule has 0 radical (unpaired) electrons. The van der Waals surface area contributed by atoms with Crippen molar-refractivity contribution in [3.05, 3.63) is 34.2 Å². The summed E-state index contributed by atoms with van der Waals surface area (Å²) in [5.41, 5.74) is 0.285. The van der Waals surface area contributed by atoms with Crippen molar-refractivity contribution in [2.24, 2.45) is 5.92 Å². The smallest absolute Gasteiger partial charge is 0.252 e. The maximum atomic E-state index is 11.8. The second-order valence-corrected chi connectivity index (χ2v) is 5.39. The van der Waals surface area contributed by atoms with E-state index >= 15 is 0 Å². The lowest BCUT2D eigenvalue weighted by Gasteiger charge is -2.25. The average Bonchev–Trinajstić information content (AvgIpc) is 2.38. The summed E-state index contributed by atoms with van der Waals surface area (Å²) in [7, 11) is 0. The molecule has 2 rings (SSSR count). The molecule has 0 bridgehead atoms. The van der Waals surface area contributed by atoms with E-state index in [1.165, 1.54) is 18.3 Å². The van der Waals surface area contributed by atoms with E-state index < -0.39 is 0 Å². The van der Waals surface area contributed by atoms with Gasteiger partial charge in [-0.25, -0.2) is 0 Å². The van der Waals surface area contributed by atoms with Crippen LogP contribution in [0.3, 0.4) is 0 Å². The Balaban J connectivity index is 1.81. The maximum absolute atomic E-state index is 11.8. The van der Waals surface area contributed by atoms with Crippen molar-refractivity contribution >= 4 is 17.5 Å². The first-order valence-electron chi connectivity index (χ1n) is 6.26. The highest BCUT2D eigenvalue weighted by atomic mass is 35.5. The molecule has 1 aliphatic carbocycles. The van der Waals surface area contributed by atoms with Crippen molar-refractivity contribution < 1.29 is 4.79 Å². The second-order valence-electron chi connectivity index (χ2n) is 4.77. The molecule has 98 valence electrons. The number of halogens is 1. The van der Waals surface area contributed by atoms with Crippen LogP contribution in [0.25, 0.3) is 0 Å². The number of hydrogen-bond acceptors (Lipinski definition) is 2. The lowest BCUT2D eigenvalue weighted by Crippen LogP contribution is -2.31. The molecule has 1 aliphatic rings. The number of nitrogens with one attached hydrogen (secondary N) is 2. The number of alkyl halides is 1. The van der Waals surface area contributed by atoms with E-state index in [-0.39, 0.29) is 11.5 Å². The van der Waals surface area contributed by atoms with Crippen LogP contribution in [0.2, 0.25) is 0 Å². The molecule has 1 aromatic rings. The van der Waals surface area contributed by atoms with Crippen LogP contribution in [0.1, 0.15) is 36.0 Å². The second kappa shape index (κ2) is 6.05. The molecule has 0 atom stereocenters. The van der Waals surface area contributed by atoms with E-state index in [0.717, 1.165) is 25.7 Å². The van der Waals surface area contributed by atoms with Crippen molar-refractivity contribution in [1.29, 1.82) is 0 Å². The topological polar surface area (TPSA) is 62.0 Å². The third-order valence-electron chi connectivity index (χ3n) is 3.37. The Kier molecular flexibility index (Phi) is 4.42. The Morgan fingerprint density at radius 3 is 2.67 bits per heavy atom. The molecule has 1 heterocycles. The van der Waals surface area contributed by atoms with Crippen LogP contribution >= 0.6 is 11.6 Å². The minimum absolute atomic E-state index is 0.140. The molecule has 1 saturated carbocycles. The molecule has 1 fully saturated rings. The number of aromatic amines is 1. The predicted octanol–water partition coefficient (Wildman–Crippen LogP) is 1.90. The van der Waals surface area contributed by atoms with Gasteiger partial charge in [-0.2, -0.15) is 0 Å². The van der Waals surface area contributed by atoms with Crippen LogP contribution in [-0.2, 0) is 0 Å². The molecule has 1 aromatic heterocycles. The molecule has 4 nitrogen and oxygen atoms in total. The minimum atomic E-state index is -0.202. The molecule has 0 unspecified atom stereocenters. The zero-order chi connectivity index (χ0) is 13.0. The summed E-state index contributed by atoms with van der Waals surface area (Å²) in [6, 6.07) is 2.89. The molecule has 18 heavy (non-hydrogen) atoms. The molecular weight excluding hydrogens is 252 g/mol. The van der Waals surface area contributed by atoms with Crippen molar-refractivity contribution in [3.8, 4) is 0 Å². The summed E-state index contributed by atoms with van der Waals surface area (Å²) < 4.78 is 0. The van der Waals surface area contributed by atoms with Crippen molar-refractivity contribution in [2.75, 3.05) is 6.54 Å². The molecule has 0 aromatic carbocycles. The van der Waals surface area contributed by atoms with Crippen molar-refractivity contribution in [2.45, 2.75) is 31.1 Å². The van der Waals surface area contributed by atoms with Crippen LogP contribution in [0, 0.1) is 5.92 Å². The van der Waals surface area contributed by atoms with Gasteiger partial charge >= 0.3 is 0 Å². The van der Waals surface area contributed by atoms with E-state index in [9.17, 15) is 9.59 Å². The lowest BCUT2D eigenvalue weighted by atomic mass is 9.89. The quantitative estimate of drug-likeness (QED) is 0.823. The zero-order valence-corrected chi connectivity index (χ0v) is 10.9. The minimum Gasteiger partial charge on any atom is -0.352 e. The van der Waals surface area contributed by atoms with Gasteiger partial charge in [0.1, 0.15) is 0 Å². The van der Waals surface area contributed by atoms with Crippen LogP contribution in [0.4, 0.5) is 0 Å². The highest BCUT2D eigenvalue weighted by Gasteiger charge is 2.19. The highest BCUT2D eigenvalue weighted by Crippen LogP contribution is 2.26. The monoisotopic (exact) mass is 268 g/mol. The average molecular weight is 269 g/mol. The number of pyridine rings is 1. The Labute approximate surface area is 111 Å². The predicted molar refractivity (Wildman–Crippen MR) is 71.0 cm³/mol. The van der Waals surface area contributed by atoms with Gasteiger partial charge in [0, 0.05) is 24.2 Å². The Bertz CT molecular complexity index is 444. The fraction of sp³-hybridized carbons (Fsp3) is 0.538. The van der Waals surface area contributed by atoms with Gasteiger partial charge in [0.05, 0.1) is 5.56 Å². The Morgan fingerprint density at radius 1 is 1.33 bits per heavy atom. The number of H-pyrrole nitrogens is 1.